The van der Waals surface area contributed by atoms with E-state index in [-0.39, 0.29) is 0 Å². The van der Waals surface area contributed by atoms with E-state index in [4.69, 9.17) is 19.9 Å². The monoisotopic (exact) mass is 845 g/mol. The number of fused-ring (bicyclic) bond motifs is 9. The molecule has 0 aliphatic carbocycles. The van der Waals surface area contributed by atoms with E-state index in [9.17, 15) is 0 Å². The van der Waals surface area contributed by atoms with Crippen LogP contribution in [0, 0.1) is 0 Å². The van der Waals surface area contributed by atoms with Gasteiger partial charge in [-0.2, -0.15) is 0 Å². The molecule has 1 aliphatic rings. The zero-order valence-electron chi connectivity index (χ0n) is 33.3. The molecule has 0 atom stereocenters. The van der Waals surface area contributed by atoms with Crippen LogP contribution in [0.2, 0.25) is 0 Å². The van der Waals surface area contributed by atoms with Gasteiger partial charge in [0.1, 0.15) is 0 Å². The molecule has 288 valence electrons. The molecule has 61 heavy (non-hydrogen) atoms. The standard InChI is InChI=1S/C53H37GeN7/c1-3-19-44-45(4-2)60-48-32-16-17-33-49(48)61(53(60)55-44)52-57-50(56-51(58-52)59-46-30-14-10-26-40(46)41-27-11-15-31-47(41)59)35-20-18-23-37(34-35)54(36-21-6-5-7-22-36)42-28-12-8-24-38(42)39-25-9-13-29-43(39)54/h3-34H,2H2,1H3/b19-3-. The van der Waals surface area contributed by atoms with Crippen LogP contribution in [-0.4, -0.2) is 46.7 Å². The van der Waals surface area contributed by atoms with Crippen LogP contribution >= 0.6 is 0 Å². The molecule has 12 rings (SSSR count). The number of rotatable bonds is 7. The van der Waals surface area contributed by atoms with Crippen molar-refractivity contribution in [1.29, 1.82) is 0 Å². The van der Waals surface area contributed by atoms with Crippen LogP contribution in [0.5, 0.6) is 0 Å². The van der Waals surface area contributed by atoms with E-state index in [1.165, 1.54) is 28.7 Å². The van der Waals surface area contributed by atoms with Gasteiger partial charge in [0.15, 0.2) is 0 Å². The number of para-hydroxylation sites is 4. The number of hydrogen-bond acceptors (Lipinski definition) is 4. The molecule has 0 spiro atoms. The molecule has 0 unspecified atom stereocenters. The molecular weight excluding hydrogens is 807 g/mol. The van der Waals surface area contributed by atoms with Crippen LogP contribution < -0.4 is 17.6 Å². The van der Waals surface area contributed by atoms with Gasteiger partial charge in [0, 0.05) is 0 Å². The van der Waals surface area contributed by atoms with Crippen LogP contribution in [0.1, 0.15) is 18.3 Å². The first-order valence-corrected chi connectivity index (χ1v) is 24.8. The predicted molar refractivity (Wildman–Crippen MR) is 253 cm³/mol. The van der Waals surface area contributed by atoms with Crippen molar-refractivity contribution >= 4 is 81.6 Å². The van der Waals surface area contributed by atoms with Gasteiger partial charge in [0.25, 0.3) is 0 Å². The van der Waals surface area contributed by atoms with E-state index in [2.05, 4.69) is 190 Å². The molecule has 0 saturated heterocycles. The maximum absolute atomic E-state index is 5.43. The number of nitrogens with zero attached hydrogens (tertiary/aromatic N) is 7. The number of aromatic nitrogens is 7. The molecule has 0 fully saturated rings. The third-order valence-electron chi connectivity index (χ3n) is 12.3. The summed E-state index contributed by atoms with van der Waals surface area (Å²) in [6.07, 6.45) is 5.89. The summed E-state index contributed by atoms with van der Waals surface area (Å²) in [6, 6.07) is 63.5. The topological polar surface area (TPSA) is 65.8 Å². The Morgan fingerprint density at radius 1 is 0.508 bits per heavy atom. The minimum atomic E-state index is -3.57. The molecule has 5 heterocycles. The second-order valence-corrected chi connectivity index (χ2v) is 23.3. The first-order chi connectivity index (χ1) is 30.2. The molecule has 0 saturated carbocycles. The van der Waals surface area contributed by atoms with Gasteiger partial charge in [0.2, 0.25) is 0 Å². The summed E-state index contributed by atoms with van der Waals surface area (Å²) in [7, 11) is 0. The van der Waals surface area contributed by atoms with Gasteiger partial charge in [-0.05, 0) is 6.92 Å². The molecule has 0 radical (unpaired) electrons. The van der Waals surface area contributed by atoms with Gasteiger partial charge in [-0.25, -0.2) is 0 Å². The third-order valence-corrected chi connectivity index (χ3v) is 22.5. The molecule has 0 amide bonds. The Hall–Kier alpha value is -7.62. The van der Waals surface area contributed by atoms with Crippen molar-refractivity contribution in [2.45, 2.75) is 6.92 Å². The fraction of sp³-hybridized carbons (Fsp3) is 0.0189. The van der Waals surface area contributed by atoms with Crippen molar-refractivity contribution in [1.82, 2.24) is 33.5 Å². The van der Waals surface area contributed by atoms with Crippen LogP contribution in [0.25, 0.3) is 85.2 Å². The van der Waals surface area contributed by atoms with Crippen LogP contribution in [-0.2, 0) is 0 Å². The molecular formula is C53H37GeN7. The number of hydrogen-bond donors (Lipinski definition) is 0. The van der Waals surface area contributed by atoms with E-state index < -0.39 is 13.3 Å². The number of benzene rings is 7. The van der Waals surface area contributed by atoms with Crippen LogP contribution in [0.3, 0.4) is 0 Å². The average molecular weight is 845 g/mol. The molecule has 0 N–H and O–H groups in total. The second kappa shape index (κ2) is 13.7. The molecule has 7 nitrogen and oxygen atoms in total. The predicted octanol–water partition coefficient (Wildman–Crippen LogP) is 9.26. The Morgan fingerprint density at radius 3 is 1.72 bits per heavy atom. The SMILES string of the molecule is C=Cc1c(/C=C\C)nc2n(-c3nc(-c4ccc[c]([Ge]5([c]6ccccc6)[c]6ccccc6-c6cccc[c]65)c4)nc(-n4c5ccccc5c5ccccc54)n3)c3ccccc3n12. The fourth-order valence-corrected chi connectivity index (χ4v) is 20.8. The summed E-state index contributed by atoms with van der Waals surface area (Å²) in [5, 5.41) is 2.27. The zero-order chi connectivity index (χ0) is 40.7. The van der Waals surface area contributed by atoms with Crippen molar-refractivity contribution in [3.63, 3.8) is 0 Å². The van der Waals surface area contributed by atoms with Gasteiger partial charge in [-0.3, -0.25) is 0 Å². The number of imidazole rings is 2. The van der Waals surface area contributed by atoms with E-state index in [1.54, 1.807) is 0 Å². The quantitative estimate of drug-likeness (QED) is 0.150. The summed E-state index contributed by atoms with van der Waals surface area (Å²) in [6.45, 7) is 6.20. The molecule has 4 aromatic heterocycles. The Bertz CT molecular complexity index is 3490. The van der Waals surface area contributed by atoms with Crippen molar-refractivity contribution in [3.05, 3.63) is 200 Å². The van der Waals surface area contributed by atoms with Gasteiger partial charge in [0.05, 0.1) is 0 Å². The summed E-state index contributed by atoms with van der Waals surface area (Å²) in [5.74, 6) is 2.27. The van der Waals surface area contributed by atoms with E-state index in [0.717, 1.165) is 49.8 Å². The zero-order valence-corrected chi connectivity index (χ0v) is 35.4. The Morgan fingerprint density at radius 2 is 1.07 bits per heavy atom. The Balaban J connectivity index is 1.17. The van der Waals surface area contributed by atoms with E-state index in [1.807, 2.05) is 31.2 Å². The summed E-state index contributed by atoms with van der Waals surface area (Å²) < 4.78 is 12.0. The molecule has 0 bridgehead atoms. The summed E-state index contributed by atoms with van der Waals surface area (Å²) >= 11 is -3.57. The van der Waals surface area contributed by atoms with Crippen molar-refractivity contribution in [2.24, 2.45) is 0 Å². The van der Waals surface area contributed by atoms with Gasteiger partial charge >= 0.3 is 349 Å². The van der Waals surface area contributed by atoms with E-state index in [0.29, 0.717) is 23.5 Å². The molecule has 8 heteroatoms. The molecule has 1 aliphatic heterocycles. The maximum atomic E-state index is 5.43. The third kappa shape index (κ3) is 5.04. The molecule has 7 aromatic carbocycles. The minimum absolute atomic E-state index is 0.474. The second-order valence-electron chi connectivity index (χ2n) is 15.5. The summed E-state index contributed by atoms with van der Waals surface area (Å²) in [4.78, 5) is 21.5. The average Bonchev–Trinajstić information content (AvgIpc) is 4.04. The Labute approximate surface area is 354 Å². The van der Waals surface area contributed by atoms with Crippen molar-refractivity contribution in [3.8, 4) is 34.4 Å². The molecule has 11 aromatic rings. The Kier molecular flexibility index (Phi) is 7.95. The van der Waals surface area contributed by atoms with Crippen LogP contribution in [0.15, 0.2) is 189 Å². The normalized spacial score (nSPS) is 13.1. The first kappa shape index (κ1) is 35.3. The van der Waals surface area contributed by atoms with Gasteiger partial charge in [-0.15, -0.1) is 0 Å². The number of allylic oxidation sites excluding steroid dienone is 1. The van der Waals surface area contributed by atoms with Gasteiger partial charge < -0.3 is 0 Å². The fourth-order valence-electron chi connectivity index (χ4n) is 9.87. The van der Waals surface area contributed by atoms with Crippen molar-refractivity contribution in [2.75, 3.05) is 0 Å². The van der Waals surface area contributed by atoms with Gasteiger partial charge in [-0.1, -0.05) is 0 Å². The summed E-state index contributed by atoms with van der Waals surface area (Å²) in [5.41, 5.74) is 9.24. The van der Waals surface area contributed by atoms with Crippen LogP contribution in [0.4, 0.5) is 0 Å². The van der Waals surface area contributed by atoms with Crippen molar-refractivity contribution < 1.29 is 0 Å². The first-order valence-electron chi connectivity index (χ1n) is 20.6. The van der Waals surface area contributed by atoms with E-state index >= 15 is 0 Å².